The van der Waals surface area contributed by atoms with Crippen LogP contribution in [0, 0.1) is 6.92 Å². The third-order valence-electron chi connectivity index (χ3n) is 4.09. The summed E-state index contributed by atoms with van der Waals surface area (Å²) in [4.78, 5) is 0. The average Bonchev–Trinajstić information content (AvgIpc) is 3.14. The van der Waals surface area contributed by atoms with Crippen LogP contribution in [0.2, 0.25) is 0 Å². The first-order chi connectivity index (χ1) is 9.14. The normalized spacial score (nSPS) is 18.3. The Kier molecular flexibility index (Phi) is 2.96. The van der Waals surface area contributed by atoms with Gasteiger partial charge in [-0.3, -0.25) is 0 Å². The first kappa shape index (κ1) is 12.5. The highest BCUT2D eigenvalue weighted by Gasteiger charge is 2.42. The highest BCUT2D eigenvalue weighted by molar-refractivity contribution is 5.37. The van der Waals surface area contributed by atoms with Crippen LogP contribution < -0.4 is 5.73 Å². The number of hydrogen-bond acceptors (Lipinski definition) is 3. The molecule has 1 aliphatic rings. The van der Waals surface area contributed by atoms with E-state index >= 15 is 0 Å². The van der Waals surface area contributed by atoms with E-state index in [1.165, 1.54) is 5.56 Å². The van der Waals surface area contributed by atoms with Crippen LogP contribution in [0.3, 0.4) is 0 Å². The Morgan fingerprint density at radius 1 is 1.32 bits per heavy atom. The van der Waals surface area contributed by atoms with Crippen molar-refractivity contribution in [2.75, 3.05) is 6.54 Å². The molecule has 0 saturated heterocycles. The summed E-state index contributed by atoms with van der Waals surface area (Å²) in [5.74, 6) is 1.40. The molecule has 3 nitrogen and oxygen atoms in total. The van der Waals surface area contributed by atoms with Crippen molar-refractivity contribution < 1.29 is 9.52 Å². The van der Waals surface area contributed by atoms with E-state index in [0.717, 1.165) is 24.2 Å². The molecule has 1 aromatic heterocycles. The number of furan rings is 1. The lowest BCUT2D eigenvalue weighted by molar-refractivity contribution is 0.187. The smallest absolute Gasteiger partial charge is 0.137 e. The van der Waals surface area contributed by atoms with Crippen LogP contribution in [0.5, 0.6) is 0 Å². The zero-order chi connectivity index (χ0) is 13.5. The fourth-order valence-corrected chi connectivity index (χ4v) is 2.56. The maximum Gasteiger partial charge on any atom is 0.137 e. The molecule has 1 saturated carbocycles. The molecule has 1 fully saturated rings. The van der Waals surface area contributed by atoms with Crippen LogP contribution in [0.4, 0.5) is 0 Å². The fraction of sp³-hybridized carbons (Fsp3) is 0.375. The van der Waals surface area contributed by atoms with Crippen LogP contribution in [-0.2, 0) is 5.41 Å². The molecule has 100 valence electrons. The summed E-state index contributed by atoms with van der Waals surface area (Å²) in [5.41, 5.74) is 8.11. The number of benzene rings is 1. The molecule has 0 radical (unpaired) electrons. The third kappa shape index (κ3) is 2.20. The molecule has 2 aromatic rings. The minimum absolute atomic E-state index is 0.148. The number of nitrogens with two attached hydrogens (primary N) is 1. The predicted molar refractivity (Wildman–Crippen MR) is 73.9 cm³/mol. The number of aliphatic hydroxyl groups is 1. The van der Waals surface area contributed by atoms with Gasteiger partial charge in [-0.25, -0.2) is 0 Å². The summed E-state index contributed by atoms with van der Waals surface area (Å²) in [6.07, 6.45) is 1.58. The SMILES string of the molecule is Cc1ccc(C(O)c2cccc(C3(CN)CC3)c2)o1. The monoisotopic (exact) mass is 257 g/mol. The minimum atomic E-state index is -0.706. The third-order valence-corrected chi connectivity index (χ3v) is 4.09. The van der Waals surface area contributed by atoms with Crippen LogP contribution in [-0.4, -0.2) is 11.7 Å². The lowest BCUT2D eigenvalue weighted by Gasteiger charge is -2.16. The second kappa shape index (κ2) is 4.51. The Morgan fingerprint density at radius 2 is 2.11 bits per heavy atom. The van der Waals surface area contributed by atoms with E-state index in [4.69, 9.17) is 10.2 Å². The van der Waals surface area contributed by atoms with Crippen molar-refractivity contribution in [1.82, 2.24) is 0 Å². The van der Waals surface area contributed by atoms with Gasteiger partial charge in [-0.1, -0.05) is 24.3 Å². The van der Waals surface area contributed by atoms with Gasteiger partial charge in [-0.2, -0.15) is 0 Å². The van der Waals surface area contributed by atoms with Gasteiger partial charge in [0, 0.05) is 12.0 Å². The van der Waals surface area contributed by atoms with Gasteiger partial charge in [0.05, 0.1) is 0 Å². The van der Waals surface area contributed by atoms with Gasteiger partial charge in [-0.15, -0.1) is 0 Å². The van der Waals surface area contributed by atoms with E-state index in [-0.39, 0.29) is 5.41 Å². The largest absolute Gasteiger partial charge is 0.463 e. The van der Waals surface area contributed by atoms with Gasteiger partial charge in [0.15, 0.2) is 0 Å². The molecule has 3 N–H and O–H groups in total. The fourth-order valence-electron chi connectivity index (χ4n) is 2.56. The number of hydrogen-bond donors (Lipinski definition) is 2. The van der Waals surface area contributed by atoms with Gasteiger partial charge < -0.3 is 15.3 Å². The zero-order valence-corrected chi connectivity index (χ0v) is 11.1. The van der Waals surface area contributed by atoms with Gasteiger partial charge in [0.2, 0.25) is 0 Å². The first-order valence-corrected chi connectivity index (χ1v) is 6.69. The highest BCUT2D eigenvalue weighted by Crippen LogP contribution is 2.47. The zero-order valence-electron chi connectivity index (χ0n) is 11.1. The number of aryl methyl sites for hydroxylation is 1. The number of rotatable bonds is 4. The van der Waals surface area contributed by atoms with E-state index < -0.39 is 6.10 Å². The minimum Gasteiger partial charge on any atom is -0.463 e. The predicted octanol–water partition coefficient (Wildman–Crippen LogP) is 2.66. The van der Waals surface area contributed by atoms with Crippen molar-refractivity contribution in [1.29, 1.82) is 0 Å². The van der Waals surface area contributed by atoms with Crippen LogP contribution >= 0.6 is 0 Å². The summed E-state index contributed by atoms with van der Waals surface area (Å²) in [6, 6.07) is 11.8. The van der Waals surface area contributed by atoms with E-state index in [9.17, 15) is 5.11 Å². The molecular weight excluding hydrogens is 238 g/mol. The molecule has 0 bridgehead atoms. The molecule has 1 heterocycles. The van der Waals surface area contributed by atoms with E-state index in [2.05, 4.69) is 12.1 Å². The van der Waals surface area contributed by atoms with E-state index in [1.807, 2.05) is 31.2 Å². The van der Waals surface area contributed by atoms with Gasteiger partial charge >= 0.3 is 0 Å². The van der Waals surface area contributed by atoms with Crippen LogP contribution in [0.25, 0.3) is 0 Å². The Balaban J connectivity index is 1.91. The van der Waals surface area contributed by atoms with E-state index in [1.54, 1.807) is 0 Å². The lowest BCUT2D eigenvalue weighted by Crippen LogP contribution is -2.19. The van der Waals surface area contributed by atoms with Crippen molar-refractivity contribution in [3.8, 4) is 0 Å². The molecule has 1 unspecified atom stereocenters. The summed E-state index contributed by atoms with van der Waals surface area (Å²) in [6.45, 7) is 2.55. The first-order valence-electron chi connectivity index (χ1n) is 6.69. The second-order valence-corrected chi connectivity index (χ2v) is 5.46. The Bertz CT molecular complexity index is 584. The van der Waals surface area contributed by atoms with Gasteiger partial charge in [0.25, 0.3) is 0 Å². The molecule has 1 aliphatic carbocycles. The van der Waals surface area contributed by atoms with Crippen LogP contribution in [0.15, 0.2) is 40.8 Å². The Morgan fingerprint density at radius 3 is 2.68 bits per heavy atom. The molecule has 0 aliphatic heterocycles. The lowest BCUT2D eigenvalue weighted by atomic mass is 9.93. The molecular formula is C16H19NO2. The molecule has 3 rings (SSSR count). The molecule has 19 heavy (non-hydrogen) atoms. The molecule has 1 atom stereocenters. The number of aliphatic hydroxyl groups excluding tert-OH is 1. The Hall–Kier alpha value is -1.58. The maximum atomic E-state index is 10.4. The quantitative estimate of drug-likeness (QED) is 0.885. The topological polar surface area (TPSA) is 59.4 Å². The summed E-state index contributed by atoms with van der Waals surface area (Å²) >= 11 is 0. The van der Waals surface area contributed by atoms with Crippen LogP contribution in [0.1, 0.15) is 41.6 Å². The van der Waals surface area contributed by atoms with Crippen molar-refractivity contribution >= 4 is 0 Å². The van der Waals surface area contributed by atoms with Crippen molar-refractivity contribution in [2.45, 2.75) is 31.3 Å². The molecule has 0 amide bonds. The molecule has 1 aromatic carbocycles. The summed E-state index contributed by atoms with van der Waals surface area (Å²) in [5, 5.41) is 10.4. The summed E-state index contributed by atoms with van der Waals surface area (Å²) < 4.78 is 5.49. The Labute approximate surface area is 113 Å². The van der Waals surface area contributed by atoms with Gasteiger partial charge in [0.1, 0.15) is 17.6 Å². The van der Waals surface area contributed by atoms with Crippen molar-refractivity contribution in [2.24, 2.45) is 5.73 Å². The maximum absolute atomic E-state index is 10.4. The standard InChI is InChI=1S/C16H19NO2/c1-11-5-6-14(19-11)15(18)12-3-2-4-13(9-12)16(10-17)7-8-16/h2-6,9,15,18H,7-8,10,17H2,1H3. The molecule has 0 spiro atoms. The van der Waals surface area contributed by atoms with Gasteiger partial charge in [-0.05, 0) is 43.0 Å². The van der Waals surface area contributed by atoms with Crippen molar-refractivity contribution in [3.63, 3.8) is 0 Å². The molecule has 3 heteroatoms. The van der Waals surface area contributed by atoms with E-state index in [0.29, 0.717) is 12.3 Å². The average molecular weight is 257 g/mol. The van der Waals surface area contributed by atoms with Crippen molar-refractivity contribution in [3.05, 3.63) is 59.0 Å². The second-order valence-electron chi connectivity index (χ2n) is 5.46. The summed E-state index contributed by atoms with van der Waals surface area (Å²) in [7, 11) is 0. The highest BCUT2D eigenvalue weighted by atomic mass is 16.4.